The van der Waals surface area contributed by atoms with E-state index in [0.717, 1.165) is 22.2 Å². The Morgan fingerprint density at radius 1 is 1.17 bits per heavy atom. The number of aromatic nitrogens is 4. The van der Waals surface area contributed by atoms with Gasteiger partial charge in [0.25, 0.3) is 0 Å². The van der Waals surface area contributed by atoms with Gasteiger partial charge in [-0.05, 0) is 35.9 Å². The molecule has 0 aliphatic rings. The maximum Gasteiger partial charge on any atom is 0.413 e. The molecule has 9 heteroatoms. The van der Waals surface area contributed by atoms with Crippen LogP contribution in [0.3, 0.4) is 0 Å². The summed E-state index contributed by atoms with van der Waals surface area (Å²) in [4.78, 5) is 16.6. The summed E-state index contributed by atoms with van der Waals surface area (Å²) in [6, 6.07) is 12.8. The maximum absolute atomic E-state index is 12.3. The molecule has 0 aliphatic heterocycles. The van der Waals surface area contributed by atoms with Crippen LogP contribution in [0.1, 0.15) is 5.56 Å². The van der Waals surface area contributed by atoms with E-state index in [1.807, 2.05) is 35.9 Å². The van der Waals surface area contributed by atoms with Gasteiger partial charge in [-0.15, -0.1) is 0 Å². The van der Waals surface area contributed by atoms with Crippen LogP contribution in [0.25, 0.3) is 22.3 Å². The lowest BCUT2D eigenvalue weighted by atomic mass is 10.1. The predicted molar refractivity (Wildman–Crippen MR) is 115 cm³/mol. The minimum atomic E-state index is -0.575. The van der Waals surface area contributed by atoms with E-state index in [0.29, 0.717) is 22.3 Å². The SMILES string of the molecule is COc1cc(Cl)ccc1-c1cc(NC(=O)OCc2ccc3c(c2)ncn3C)n(C)n1. The first-order valence-electron chi connectivity index (χ1n) is 9.16. The van der Waals surface area contributed by atoms with Gasteiger partial charge in [0.1, 0.15) is 18.2 Å². The predicted octanol–water partition coefficient (Wildman–Crippen LogP) is 4.38. The Morgan fingerprint density at radius 3 is 2.80 bits per heavy atom. The number of methoxy groups -OCH3 is 1. The van der Waals surface area contributed by atoms with Gasteiger partial charge < -0.3 is 14.0 Å². The lowest BCUT2D eigenvalue weighted by Gasteiger charge is -2.07. The molecule has 1 amide bonds. The quantitative estimate of drug-likeness (QED) is 0.513. The molecule has 0 fully saturated rings. The van der Waals surface area contributed by atoms with Gasteiger partial charge in [-0.25, -0.2) is 9.78 Å². The first kappa shape index (κ1) is 19.8. The summed E-state index contributed by atoms with van der Waals surface area (Å²) in [7, 11) is 5.23. The van der Waals surface area contributed by atoms with Crippen molar-refractivity contribution in [3.8, 4) is 17.0 Å². The number of anilines is 1. The highest BCUT2D eigenvalue weighted by Gasteiger charge is 2.14. The van der Waals surface area contributed by atoms with Crippen molar-refractivity contribution in [1.82, 2.24) is 19.3 Å². The van der Waals surface area contributed by atoms with E-state index in [9.17, 15) is 4.79 Å². The minimum Gasteiger partial charge on any atom is -0.496 e. The van der Waals surface area contributed by atoms with Gasteiger partial charge in [0.15, 0.2) is 0 Å². The molecule has 2 aromatic heterocycles. The number of imidazole rings is 1. The third kappa shape index (κ3) is 3.95. The molecule has 2 aromatic carbocycles. The summed E-state index contributed by atoms with van der Waals surface area (Å²) in [6.07, 6.45) is 1.17. The van der Waals surface area contributed by atoms with E-state index in [-0.39, 0.29) is 6.61 Å². The van der Waals surface area contributed by atoms with Crippen molar-refractivity contribution in [2.45, 2.75) is 6.61 Å². The summed E-state index contributed by atoms with van der Waals surface area (Å²) < 4.78 is 14.2. The fraction of sp³-hybridized carbons (Fsp3) is 0.190. The van der Waals surface area contributed by atoms with Gasteiger partial charge >= 0.3 is 6.09 Å². The number of aryl methyl sites for hydroxylation is 2. The molecule has 154 valence electrons. The van der Waals surface area contributed by atoms with Crippen LogP contribution in [0, 0.1) is 0 Å². The van der Waals surface area contributed by atoms with Crippen molar-refractivity contribution in [1.29, 1.82) is 0 Å². The number of halogens is 1. The molecule has 1 N–H and O–H groups in total. The highest BCUT2D eigenvalue weighted by Crippen LogP contribution is 2.32. The molecule has 0 spiro atoms. The Hall–Kier alpha value is -3.52. The Kier molecular flexibility index (Phi) is 5.33. The number of hydrogen-bond acceptors (Lipinski definition) is 5. The number of fused-ring (bicyclic) bond motifs is 1. The lowest BCUT2D eigenvalue weighted by molar-refractivity contribution is 0.155. The number of benzene rings is 2. The van der Waals surface area contributed by atoms with Crippen LogP contribution in [0.4, 0.5) is 10.6 Å². The first-order chi connectivity index (χ1) is 14.4. The molecule has 30 heavy (non-hydrogen) atoms. The van der Waals surface area contributed by atoms with Crippen LogP contribution in [-0.2, 0) is 25.4 Å². The number of nitrogens with one attached hydrogen (secondary N) is 1. The smallest absolute Gasteiger partial charge is 0.413 e. The Morgan fingerprint density at radius 2 is 2.00 bits per heavy atom. The zero-order valence-electron chi connectivity index (χ0n) is 16.7. The normalized spacial score (nSPS) is 10.9. The number of hydrogen-bond donors (Lipinski definition) is 1. The molecule has 2 heterocycles. The van der Waals surface area contributed by atoms with Gasteiger partial charge in [0, 0.05) is 30.7 Å². The fourth-order valence-electron chi connectivity index (χ4n) is 3.15. The molecule has 4 aromatic rings. The molecule has 4 rings (SSSR count). The van der Waals surface area contributed by atoms with Gasteiger partial charge in [-0.3, -0.25) is 10.00 Å². The number of carbonyl (C=O) groups excluding carboxylic acids is 1. The van der Waals surface area contributed by atoms with Crippen LogP contribution < -0.4 is 10.1 Å². The molecule has 0 atom stereocenters. The number of ether oxygens (including phenoxy) is 2. The second-order valence-corrected chi connectivity index (χ2v) is 7.20. The number of amides is 1. The van der Waals surface area contributed by atoms with Gasteiger partial charge in [-0.1, -0.05) is 17.7 Å². The van der Waals surface area contributed by atoms with E-state index >= 15 is 0 Å². The second-order valence-electron chi connectivity index (χ2n) is 6.76. The van der Waals surface area contributed by atoms with Crippen molar-refractivity contribution < 1.29 is 14.3 Å². The molecule has 8 nitrogen and oxygen atoms in total. The van der Waals surface area contributed by atoms with E-state index in [1.165, 1.54) is 0 Å². The van der Waals surface area contributed by atoms with Crippen molar-refractivity contribution in [3.05, 3.63) is 59.4 Å². The third-order valence-electron chi connectivity index (χ3n) is 4.71. The zero-order valence-corrected chi connectivity index (χ0v) is 17.5. The van der Waals surface area contributed by atoms with Crippen LogP contribution in [0.2, 0.25) is 5.02 Å². The van der Waals surface area contributed by atoms with Crippen molar-refractivity contribution in [3.63, 3.8) is 0 Å². The van der Waals surface area contributed by atoms with E-state index < -0.39 is 6.09 Å². The third-order valence-corrected chi connectivity index (χ3v) is 4.94. The van der Waals surface area contributed by atoms with Gasteiger partial charge in [0.05, 0.1) is 30.2 Å². The molecule has 0 bridgehead atoms. The van der Waals surface area contributed by atoms with Crippen LogP contribution in [0.5, 0.6) is 5.75 Å². The summed E-state index contributed by atoms with van der Waals surface area (Å²) in [5, 5.41) is 7.72. The standard InChI is InChI=1S/C21H20ClN5O3/c1-26-12-23-17-8-13(4-7-18(17)26)11-30-21(28)24-20-10-16(25-27(20)2)15-6-5-14(22)9-19(15)29-3/h4-10,12H,11H2,1-3H3,(H,24,28). The summed E-state index contributed by atoms with van der Waals surface area (Å²) in [6.45, 7) is 0.133. The van der Waals surface area contributed by atoms with E-state index in [4.69, 9.17) is 21.1 Å². The first-order valence-corrected chi connectivity index (χ1v) is 9.54. The maximum atomic E-state index is 12.3. The Bertz CT molecular complexity index is 1230. The van der Waals surface area contributed by atoms with Gasteiger partial charge in [-0.2, -0.15) is 5.10 Å². The largest absolute Gasteiger partial charge is 0.496 e. The van der Waals surface area contributed by atoms with Crippen LogP contribution >= 0.6 is 11.6 Å². The van der Waals surface area contributed by atoms with Crippen LogP contribution in [0.15, 0.2) is 48.8 Å². The topological polar surface area (TPSA) is 83.2 Å². The molecular formula is C21H20ClN5O3. The summed E-state index contributed by atoms with van der Waals surface area (Å²) >= 11 is 6.02. The Balaban J connectivity index is 1.44. The monoisotopic (exact) mass is 425 g/mol. The van der Waals surface area contributed by atoms with Crippen molar-refractivity contribution in [2.75, 3.05) is 12.4 Å². The average molecular weight is 426 g/mol. The molecule has 0 unspecified atom stereocenters. The minimum absolute atomic E-state index is 0.133. The van der Waals surface area contributed by atoms with Crippen LogP contribution in [-0.4, -0.2) is 32.5 Å². The lowest BCUT2D eigenvalue weighted by Crippen LogP contribution is -2.15. The average Bonchev–Trinajstić information content (AvgIpc) is 3.28. The van der Waals surface area contributed by atoms with Crippen molar-refractivity contribution >= 4 is 34.5 Å². The summed E-state index contributed by atoms with van der Waals surface area (Å²) in [5.74, 6) is 1.09. The number of rotatable bonds is 5. The molecule has 0 aliphatic carbocycles. The van der Waals surface area contributed by atoms with Crippen molar-refractivity contribution in [2.24, 2.45) is 14.1 Å². The highest BCUT2D eigenvalue weighted by atomic mass is 35.5. The molecule has 0 saturated heterocycles. The van der Waals surface area contributed by atoms with E-state index in [1.54, 1.807) is 43.4 Å². The number of carbonyl (C=O) groups is 1. The number of nitrogens with zero attached hydrogens (tertiary/aromatic N) is 4. The molecule has 0 saturated carbocycles. The molecular weight excluding hydrogens is 406 g/mol. The molecule has 0 radical (unpaired) electrons. The zero-order chi connectivity index (χ0) is 21.3. The summed E-state index contributed by atoms with van der Waals surface area (Å²) in [5.41, 5.74) is 4.13. The highest BCUT2D eigenvalue weighted by molar-refractivity contribution is 6.30. The Labute approximate surface area is 178 Å². The fourth-order valence-corrected chi connectivity index (χ4v) is 3.32. The van der Waals surface area contributed by atoms with Gasteiger partial charge in [0.2, 0.25) is 0 Å². The second kappa shape index (κ2) is 8.08. The van der Waals surface area contributed by atoms with E-state index in [2.05, 4.69) is 15.4 Å².